The third kappa shape index (κ3) is 2.45. The van der Waals surface area contributed by atoms with Crippen molar-refractivity contribution in [2.45, 2.75) is 19.4 Å². The molecule has 0 amide bonds. The quantitative estimate of drug-likeness (QED) is 0.691. The molecule has 0 aliphatic carbocycles. The summed E-state index contributed by atoms with van der Waals surface area (Å²) in [5.41, 5.74) is -1.09. The molecule has 2 unspecified atom stereocenters. The van der Waals surface area contributed by atoms with Gasteiger partial charge in [0.05, 0.1) is 5.92 Å². The summed E-state index contributed by atoms with van der Waals surface area (Å²) in [7, 11) is 0. The maximum absolute atomic E-state index is 10.9. The first-order valence-electron chi connectivity index (χ1n) is 5.06. The fourth-order valence-corrected chi connectivity index (χ4v) is 1.54. The number of carboxylic acids is 1. The van der Waals surface area contributed by atoms with Gasteiger partial charge in [-0.05, 0) is 25.5 Å². The van der Waals surface area contributed by atoms with Crippen molar-refractivity contribution in [1.29, 1.82) is 0 Å². The van der Waals surface area contributed by atoms with Crippen LogP contribution in [0, 0.1) is 5.92 Å². The Balaban J connectivity index is 3.32. The smallest absolute Gasteiger partial charge is 0.309 e. The van der Waals surface area contributed by atoms with Crippen LogP contribution in [0.25, 0.3) is 5.76 Å². The summed E-state index contributed by atoms with van der Waals surface area (Å²) in [6.07, 6.45) is 2.76. The van der Waals surface area contributed by atoms with E-state index in [1.807, 2.05) is 0 Å². The Morgan fingerprint density at radius 1 is 1.53 bits per heavy atom. The van der Waals surface area contributed by atoms with E-state index in [9.17, 15) is 15.0 Å². The van der Waals surface area contributed by atoms with Gasteiger partial charge in [-0.3, -0.25) is 9.78 Å². The second-order valence-electron chi connectivity index (χ2n) is 4.08. The number of aliphatic hydroxyl groups is 2. The Morgan fingerprint density at radius 3 is 2.59 bits per heavy atom. The molecule has 3 N–H and O–H groups in total. The van der Waals surface area contributed by atoms with E-state index < -0.39 is 17.5 Å². The number of carboxylic acid groups (broad SMARTS) is 1. The highest BCUT2D eigenvalue weighted by atomic mass is 16.4. The van der Waals surface area contributed by atoms with Gasteiger partial charge in [0.15, 0.2) is 0 Å². The van der Waals surface area contributed by atoms with Crippen LogP contribution in [0.4, 0.5) is 0 Å². The second-order valence-corrected chi connectivity index (χ2v) is 4.08. The minimum Gasteiger partial charge on any atom is -0.508 e. The molecule has 1 aromatic rings. The predicted molar refractivity (Wildman–Crippen MR) is 62.3 cm³/mol. The molecule has 0 aliphatic heterocycles. The van der Waals surface area contributed by atoms with Gasteiger partial charge in [0.1, 0.15) is 11.4 Å². The lowest BCUT2D eigenvalue weighted by molar-refractivity contribution is -0.150. The lowest BCUT2D eigenvalue weighted by atomic mass is 9.82. The van der Waals surface area contributed by atoms with E-state index in [0.717, 1.165) is 0 Å². The maximum atomic E-state index is 10.9. The number of aliphatic carboxylic acids is 1. The minimum absolute atomic E-state index is 0.241. The molecule has 0 radical (unpaired) electrons. The molecule has 0 saturated carbocycles. The Kier molecular flexibility index (Phi) is 3.53. The lowest BCUT2D eigenvalue weighted by Gasteiger charge is -2.29. The first-order chi connectivity index (χ1) is 7.78. The van der Waals surface area contributed by atoms with Gasteiger partial charge in [-0.25, -0.2) is 0 Å². The van der Waals surface area contributed by atoms with Crippen molar-refractivity contribution in [2.75, 3.05) is 0 Å². The van der Waals surface area contributed by atoms with Crippen LogP contribution in [0.3, 0.4) is 0 Å². The summed E-state index contributed by atoms with van der Waals surface area (Å²) in [4.78, 5) is 14.7. The largest absolute Gasteiger partial charge is 0.508 e. The molecule has 17 heavy (non-hydrogen) atoms. The summed E-state index contributed by atoms with van der Waals surface area (Å²) < 4.78 is 0. The fourth-order valence-electron chi connectivity index (χ4n) is 1.54. The second kappa shape index (κ2) is 4.55. The predicted octanol–water partition coefficient (Wildman–Crippen LogP) is 1.54. The van der Waals surface area contributed by atoms with Crippen LogP contribution < -0.4 is 0 Å². The average Bonchev–Trinajstić information content (AvgIpc) is 2.27. The average molecular weight is 237 g/mol. The monoisotopic (exact) mass is 237 g/mol. The highest BCUT2D eigenvalue weighted by Gasteiger charge is 2.37. The molecule has 92 valence electrons. The van der Waals surface area contributed by atoms with Crippen molar-refractivity contribution in [2.24, 2.45) is 5.92 Å². The SMILES string of the molecule is C=C(O)c1cnccc1C(C)(O)C(C)C(=O)O. The molecular weight excluding hydrogens is 222 g/mol. The molecule has 5 nitrogen and oxygen atoms in total. The zero-order chi connectivity index (χ0) is 13.2. The van der Waals surface area contributed by atoms with Crippen molar-refractivity contribution < 1.29 is 20.1 Å². The first-order valence-corrected chi connectivity index (χ1v) is 5.06. The van der Waals surface area contributed by atoms with E-state index in [4.69, 9.17) is 5.11 Å². The van der Waals surface area contributed by atoms with E-state index in [-0.39, 0.29) is 16.9 Å². The number of pyridine rings is 1. The summed E-state index contributed by atoms with van der Waals surface area (Å²) in [5, 5.41) is 28.6. The lowest BCUT2D eigenvalue weighted by Crippen LogP contribution is -2.36. The molecule has 0 aromatic carbocycles. The highest BCUT2D eigenvalue weighted by molar-refractivity contribution is 5.72. The molecular formula is C12H15NO4. The minimum atomic E-state index is -1.62. The molecule has 1 rings (SSSR count). The number of carbonyl (C=O) groups is 1. The van der Waals surface area contributed by atoms with Crippen LogP contribution in [-0.2, 0) is 10.4 Å². The Labute approximate surface area is 99.1 Å². The third-order valence-corrected chi connectivity index (χ3v) is 2.89. The molecule has 0 bridgehead atoms. The van der Waals surface area contributed by atoms with E-state index in [1.54, 1.807) is 0 Å². The molecule has 0 saturated heterocycles. The van der Waals surface area contributed by atoms with Gasteiger partial charge in [0.25, 0.3) is 0 Å². The van der Waals surface area contributed by atoms with Gasteiger partial charge in [-0.15, -0.1) is 0 Å². The van der Waals surface area contributed by atoms with Gasteiger partial charge >= 0.3 is 5.97 Å². The van der Waals surface area contributed by atoms with Crippen LogP contribution in [0.5, 0.6) is 0 Å². The summed E-state index contributed by atoms with van der Waals surface area (Å²) in [6, 6.07) is 1.47. The normalized spacial score (nSPS) is 15.9. The van der Waals surface area contributed by atoms with Gasteiger partial charge in [-0.2, -0.15) is 0 Å². The van der Waals surface area contributed by atoms with Crippen LogP contribution >= 0.6 is 0 Å². The number of rotatable bonds is 4. The Bertz CT molecular complexity index is 454. The van der Waals surface area contributed by atoms with Gasteiger partial charge < -0.3 is 15.3 Å². The van der Waals surface area contributed by atoms with Gasteiger partial charge in [0.2, 0.25) is 0 Å². The molecule has 2 atom stereocenters. The Morgan fingerprint density at radius 2 is 2.12 bits per heavy atom. The number of aliphatic hydroxyl groups excluding tert-OH is 1. The van der Waals surface area contributed by atoms with E-state index in [0.29, 0.717) is 0 Å². The van der Waals surface area contributed by atoms with Crippen molar-refractivity contribution in [3.63, 3.8) is 0 Å². The van der Waals surface area contributed by atoms with Crippen LogP contribution in [0.1, 0.15) is 25.0 Å². The number of hydrogen-bond donors (Lipinski definition) is 3. The number of nitrogens with zero attached hydrogens (tertiary/aromatic N) is 1. The van der Waals surface area contributed by atoms with Crippen molar-refractivity contribution in [3.05, 3.63) is 36.2 Å². The van der Waals surface area contributed by atoms with Gasteiger partial charge in [-0.1, -0.05) is 6.58 Å². The van der Waals surface area contributed by atoms with Crippen LogP contribution in [-0.4, -0.2) is 26.3 Å². The molecule has 1 aromatic heterocycles. The summed E-state index contributed by atoms with van der Waals surface area (Å²) in [5.74, 6) is -2.41. The van der Waals surface area contributed by atoms with E-state index in [2.05, 4.69) is 11.6 Å². The van der Waals surface area contributed by atoms with E-state index >= 15 is 0 Å². The van der Waals surface area contributed by atoms with Crippen molar-refractivity contribution in [1.82, 2.24) is 4.98 Å². The molecule has 0 fully saturated rings. The van der Waals surface area contributed by atoms with Crippen molar-refractivity contribution >= 4 is 11.7 Å². The van der Waals surface area contributed by atoms with E-state index in [1.165, 1.54) is 32.3 Å². The zero-order valence-electron chi connectivity index (χ0n) is 9.71. The number of hydrogen-bond acceptors (Lipinski definition) is 4. The standard InChI is InChI=1S/C12H15NO4/c1-7(11(15)16)12(3,17)10-4-5-13-6-9(10)8(2)14/h4-7,14,17H,2H2,1,3H3,(H,15,16). The molecule has 1 heterocycles. The summed E-state index contributed by atoms with van der Waals surface area (Å²) >= 11 is 0. The Hall–Kier alpha value is -1.88. The number of aromatic nitrogens is 1. The maximum Gasteiger partial charge on any atom is 0.309 e. The molecule has 0 spiro atoms. The fraction of sp³-hybridized carbons (Fsp3) is 0.333. The summed E-state index contributed by atoms with van der Waals surface area (Å²) in [6.45, 7) is 6.14. The molecule has 5 heteroatoms. The zero-order valence-corrected chi connectivity index (χ0v) is 9.71. The third-order valence-electron chi connectivity index (χ3n) is 2.89. The van der Waals surface area contributed by atoms with Crippen LogP contribution in [0.15, 0.2) is 25.0 Å². The van der Waals surface area contributed by atoms with Crippen LogP contribution in [0.2, 0.25) is 0 Å². The molecule has 0 aliphatic rings. The van der Waals surface area contributed by atoms with Gasteiger partial charge in [0, 0.05) is 18.0 Å². The highest BCUT2D eigenvalue weighted by Crippen LogP contribution is 2.33. The topological polar surface area (TPSA) is 90.7 Å². The first kappa shape index (κ1) is 13.2. The van der Waals surface area contributed by atoms with Crippen molar-refractivity contribution in [3.8, 4) is 0 Å².